The highest BCUT2D eigenvalue weighted by molar-refractivity contribution is 5.87. The third kappa shape index (κ3) is 3.21. The minimum Gasteiger partial charge on any atom is -0.348 e. The van der Waals surface area contributed by atoms with Crippen LogP contribution in [0.3, 0.4) is 0 Å². The van der Waals surface area contributed by atoms with Crippen LogP contribution in [0.4, 0.5) is 0 Å². The van der Waals surface area contributed by atoms with E-state index in [1.807, 2.05) is 0 Å². The van der Waals surface area contributed by atoms with Crippen molar-refractivity contribution in [2.24, 2.45) is 0 Å². The molecule has 0 bridgehead atoms. The predicted octanol–water partition coefficient (Wildman–Crippen LogP) is 3.09. The first kappa shape index (κ1) is 15.0. The van der Waals surface area contributed by atoms with Crippen LogP contribution in [0.1, 0.15) is 56.7 Å². The molecule has 1 unspecified atom stereocenters. The molecule has 0 aromatic heterocycles. The first-order chi connectivity index (χ1) is 9.57. The molecule has 3 heteroatoms. The quantitative estimate of drug-likeness (QED) is 0.866. The summed E-state index contributed by atoms with van der Waals surface area (Å²) in [5.74, 6) is 0.157. The van der Waals surface area contributed by atoms with Crippen molar-refractivity contribution in [3.8, 4) is 0 Å². The van der Waals surface area contributed by atoms with Crippen molar-refractivity contribution < 1.29 is 4.79 Å². The van der Waals surface area contributed by atoms with E-state index in [9.17, 15) is 4.79 Å². The van der Waals surface area contributed by atoms with E-state index in [0.717, 1.165) is 37.8 Å². The zero-order valence-electron chi connectivity index (χ0n) is 12.8. The summed E-state index contributed by atoms with van der Waals surface area (Å²) in [6.45, 7) is 7.22. The Morgan fingerprint density at radius 1 is 1.40 bits per heavy atom. The number of amides is 1. The van der Waals surface area contributed by atoms with E-state index in [4.69, 9.17) is 0 Å². The first-order valence-electron chi connectivity index (χ1n) is 7.70. The molecule has 0 spiro atoms. The summed E-state index contributed by atoms with van der Waals surface area (Å²) >= 11 is 0. The van der Waals surface area contributed by atoms with E-state index >= 15 is 0 Å². The molecule has 1 saturated heterocycles. The average Bonchev–Trinajstić information content (AvgIpc) is 2.89. The van der Waals surface area contributed by atoms with Gasteiger partial charge in [-0.15, -0.1) is 0 Å². The van der Waals surface area contributed by atoms with Gasteiger partial charge in [0.2, 0.25) is 5.91 Å². The summed E-state index contributed by atoms with van der Waals surface area (Å²) in [7, 11) is 0. The first-order valence-corrected chi connectivity index (χ1v) is 7.70. The molecule has 2 atom stereocenters. The fourth-order valence-electron chi connectivity index (χ4n) is 3.03. The Kier molecular flexibility index (Phi) is 4.81. The minimum absolute atomic E-state index is 0.0548. The third-order valence-corrected chi connectivity index (χ3v) is 4.28. The molecule has 0 radical (unpaired) electrons. The molecule has 110 valence electrons. The standard InChI is InChI=1S/C17H26N2O/c1-4-10-17(11-5-12-18-17)16(20)19-14(3)15-8-6-13(2)7-9-15/h6-9,14,18H,4-5,10-12H2,1-3H3,(H,19,20)/t14-,17?/m0/s1. The van der Waals surface area contributed by atoms with Gasteiger partial charge in [0, 0.05) is 0 Å². The number of aryl methyl sites for hydroxylation is 1. The lowest BCUT2D eigenvalue weighted by atomic mass is 9.90. The van der Waals surface area contributed by atoms with Crippen molar-refractivity contribution in [1.29, 1.82) is 0 Å². The Morgan fingerprint density at radius 2 is 2.10 bits per heavy atom. The Bertz CT molecular complexity index is 447. The maximum atomic E-state index is 12.6. The molecular weight excluding hydrogens is 248 g/mol. The van der Waals surface area contributed by atoms with Crippen LogP contribution in [0.25, 0.3) is 0 Å². The van der Waals surface area contributed by atoms with Crippen molar-refractivity contribution in [3.63, 3.8) is 0 Å². The number of carbonyl (C=O) groups is 1. The summed E-state index contributed by atoms with van der Waals surface area (Å²) in [5, 5.41) is 6.61. The van der Waals surface area contributed by atoms with Crippen LogP contribution in [0, 0.1) is 6.92 Å². The van der Waals surface area contributed by atoms with E-state index in [1.165, 1.54) is 5.56 Å². The topological polar surface area (TPSA) is 41.1 Å². The van der Waals surface area contributed by atoms with Gasteiger partial charge < -0.3 is 10.6 Å². The van der Waals surface area contributed by atoms with Crippen molar-refractivity contribution in [2.75, 3.05) is 6.54 Å². The Balaban J connectivity index is 2.04. The van der Waals surface area contributed by atoms with Gasteiger partial charge in [-0.25, -0.2) is 0 Å². The fourth-order valence-corrected chi connectivity index (χ4v) is 3.03. The van der Waals surface area contributed by atoms with E-state index in [2.05, 4.69) is 55.7 Å². The molecule has 1 heterocycles. The highest BCUT2D eigenvalue weighted by atomic mass is 16.2. The molecule has 1 fully saturated rings. The van der Waals surface area contributed by atoms with Crippen LogP contribution in [0.15, 0.2) is 24.3 Å². The Morgan fingerprint density at radius 3 is 2.65 bits per heavy atom. The zero-order chi connectivity index (χ0) is 14.6. The molecule has 0 aliphatic carbocycles. The zero-order valence-corrected chi connectivity index (χ0v) is 12.8. The Labute approximate surface area is 122 Å². The van der Waals surface area contributed by atoms with Crippen molar-refractivity contribution >= 4 is 5.91 Å². The number of rotatable bonds is 5. The van der Waals surface area contributed by atoms with Gasteiger partial charge in [0.15, 0.2) is 0 Å². The fraction of sp³-hybridized carbons (Fsp3) is 0.588. The summed E-state index contributed by atoms with van der Waals surface area (Å²) < 4.78 is 0. The predicted molar refractivity (Wildman–Crippen MR) is 82.6 cm³/mol. The minimum atomic E-state index is -0.340. The number of hydrogen-bond acceptors (Lipinski definition) is 2. The molecule has 2 rings (SSSR count). The van der Waals surface area contributed by atoms with Crippen LogP contribution in [0.2, 0.25) is 0 Å². The second kappa shape index (κ2) is 6.40. The molecule has 0 saturated carbocycles. The second-order valence-corrected chi connectivity index (χ2v) is 5.97. The summed E-state index contributed by atoms with van der Waals surface area (Å²) in [4.78, 5) is 12.6. The molecule has 1 aromatic rings. The summed E-state index contributed by atoms with van der Waals surface area (Å²) in [6, 6.07) is 8.42. The molecule has 1 amide bonds. The normalized spacial score (nSPS) is 23.6. The van der Waals surface area contributed by atoms with Gasteiger partial charge in [-0.05, 0) is 45.2 Å². The summed E-state index contributed by atoms with van der Waals surface area (Å²) in [5.41, 5.74) is 2.06. The van der Waals surface area contributed by atoms with Crippen LogP contribution in [0.5, 0.6) is 0 Å². The molecule has 3 nitrogen and oxygen atoms in total. The maximum Gasteiger partial charge on any atom is 0.240 e. The average molecular weight is 274 g/mol. The van der Waals surface area contributed by atoms with Gasteiger partial charge in [0.25, 0.3) is 0 Å². The number of carbonyl (C=O) groups excluding carboxylic acids is 1. The lowest BCUT2D eigenvalue weighted by Gasteiger charge is -2.29. The SMILES string of the molecule is CCCC1(C(=O)N[C@@H](C)c2ccc(C)cc2)CCCN1. The van der Waals surface area contributed by atoms with Crippen molar-refractivity contribution in [1.82, 2.24) is 10.6 Å². The number of nitrogens with one attached hydrogen (secondary N) is 2. The van der Waals surface area contributed by atoms with Gasteiger partial charge in [-0.1, -0.05) is 43.2 Å². The van der Waals surface area contributed by atoms with E-state index < -0.39 is 0 Å². The summed E-state index contributed by atoms with van der Waals surface area (Å²) in [6.07, 6.45) is 3.98. The monoisotopic (exact) mass is 274 g/mol. The molecular formula is C17H26N2O. The van der Waals surface area contributed by atoms with E-state index in [0.29, 0.717) is 0 Å². The lowest BCUT2D eigenvalue weighted by Crippen LogP contribution is -2.53. The molecule has 2 N–H and O–H groups in total. The molecule has 1 aromatic carbocycles. The van der Waals surface area contributed by atoms with Crippen LogP contribution in [-0.4, -0.2) is 18.0 Å². The Hall–Kier alpha value is -1.35. The second-order valence-electron chi connectivity index (χ2n) is 5.97. The van der Waals surface area contributed by atoms with Crippen LogP contribution >= 0.6 is 0 Å². The van der Waals surface area contributed by atoms with Crippen molar-refractivity contribution in [3.05, 3.63) is 35.4 Å². The van der Waals surface area contributed by atoms with E-state index in [-0.39, 0.29) is 17.5 Å². The van der Waals surface area contributed by atoms with Crippen LogP contribution in [-0.2, 0) is 4.79 Å². The van der Waals surface area contributed by atoms with Gasteiger partial charge in [-0.2, -0.15) is 0 Å². The van der Waals surface area contributed by atoms with Gasteiger partial charge >= 0.3 is 0 Å². The largest absolute Gasteiger partial charge is 0.348 e. The number of benzene rings is 1. The molecule has 20 heavy (non-hydrogen) atoms. The maximum absolute atomic E-state index is 12.6. The van der Waals surface area contributed by atoms with Gasteiger partial charge in [0.05, 0.1) is 11.6 Å². The molecule has 1 aliphatic rings. The molecule has 1 aliphatic heterocycles. The van der Waals surface area contributed by atoms with Gasteiger partial charge in [-0.3, -0.25) is 4.79 Å². The van der Waals surface area contributed by atoms with Gasteiger partial charge in [0.1, 0.15) is 0 Å². The van der Waals surface area contributed by atoms with E-state index in [1.54, 1.807) is 0 Å². The highest BCUT2D eigenvalue weighted by Gasteiger charge is 2.40. The van der Waals surface area contributed by atoms with Crippen molar-refractivity contribution in [2.45, 2.75) is 58.0 Å². The highest BCUT2D eigenvalue weighted by Crippen LogP contribution is 2.26. The number of hydrogen-bond donors (Lipinski definition) is 2. The third-order valence-electron chi connectivity index (χ3n) is 4.28. The van der Waals surface area contributed by atoms with Crippen LogP contribution < -0.4 is 10.6 Å². The lowest BCUT2D eigenvalue weighted by molar-refractivity contribution is -0.128. The smallest absolute Gasteiger partial charge is 0.240 e.